The number of halogens is 1. The number of ether oxygens (including phenoxy) is 1. The first-order valence-electron chi connectivity index (χ1n) is 12.5. The van der Waals surface area contributed by atoms with Crippen LogP contribution in [0.3, 0.4) is 0 Å². The minimum atomic E-state index is -0.395. The molecule has 3 rings (SSSR count). The second-order valence-corrected chi connectivity index (χ2v) is 9.24. The quantitative estimate of drug-likeness (QED) is 0.424. The van der Waals surface area contributed by atoms with Crippen molar-refractivity contribution in [1.82, 2.24) is 20.7 Å². The summed E-state index contributed by atoms with van der Waals surface area (Å²) in [7, 11) is 1.73. The van der Waals surface area contributed by atoms with E-state index < -0.39 is 5.82 Å². The van der Waals surface area contributed by atoms with Crippen molar-refractivity contribution in [3.63, 3.8) is 0 Å². The Labute approximate surface area is 217 Å². The normalized spacial score (nSPS) is 13.3. The number of hydrogen-bond donors (Lipinski definition) is 2. The van der Waals surface area contributed by atoms with Gasteiger partial charge in [0, 0.05) is 39.3 Å². The topological polar surface area (TPSA) is 101 Å². The van der Waals surface area contributed by atoms with E-state index in [1.54, 1.807) is 35.2 Å². The molecule has 2 aromatic rings. The molecule has 0 spiro atoms. The van der Waals surface area contributed by atoms with E-state index in [1.807, 2.05) is 18.9 Å². The van der Waals surface area contributed by atoms with Crippen molar-refractivity contribution in [1.29, 1.82) is 5.26 Å². The summed E-state index contributed by atoms with van der Waals surface area (Å²) in [4.78, 5) is 27.7. The van der Waals surface area contributed by atoms with E-state index in [0.717, 1.165) is 25.9 Å². The zero-order valence-corrected chi connectivity index (χ0v) is 21.7. The molecule has 0 bridgehead atoms. The summed E-state index contributed by atoms with van der Waals surface area (Å²) in [6.07, 6.45) is 2.04. The molecule has 10 heteroatoms. The molecule has 1 heterocycles. The molecule has 198 valence electrons. The molecule has 1 aliphatic rings. The van der Waals surface area contributed by atoms with E-state index in [-0.39, 0.29) is 24.9 Å². The average molecular weight is 511 g/mol. The van der Waals surface area contributed by atoms with Crippen molar-refractivity contribution in [3.05, 3.63) is 53.8 Å². The van der Waals surface area contributed by atoms with Gasteiger partial charge in [0.2, 0.25) is 5.91 Å². The maximum atomic E-state index is 13.4. The van der Waals surface area contributed by atoms with E-state index in [4.69, 9.17) is 4.74 Å². The maximum Gasteiger partial charge on any atom is 0.256 e. The zero-order valence-electron chi connectivity index (χ0n) is 21.7. The number of carbonyl (C=O) groups excluding carboxylic acids is 2. The van der Waals surface area contributed by atoms with Crippen molar-refractivity contribution in [2.45, 2.75) is 32.7 Å². The summed E-state index contributed by atoms with van der Waals surface area (Å²) in [5.41, 5.74) is 0.773. The molecule has 1 fully saturated rings. The molecule has 0 radical (unpaired) electrons. The Morgan fingerprint density at radius 2 is 1.81 bits per heavy atom. The van der Waals surface area contributed by atoms with Gasteiger partial charge in [-0.3, -0.25) is 14.6 Å². The van der Waals surface area contributed by atoms with E-state index in [1.165, 1.54) is 24.3 Å². The lowest BCUT2D eigenvalue weighted by atomic mass is 10.1. The highest BCUT2D eigenvalue weighted by Gasteiger charge is 2.25. The van der Waals surface area contributed by atoms with Gasteiger partial charge in [-0.15, -0.1) is 0 Å². The van der Waals surface area contributed by atoms with Gasteiger partial charge in [-0.25, -0.2) is 9.40 Å². The van der Waals surface area contributed by atoms with Gasteiger partial charge in [0.05, 0.1) is 30.4 Å². The molecule has 9 nitrogen and oxygen atoms in total. The van der Waals surface area contributed by atoms with Gasteiger partial charge in [0.1, 0.15) is 11.6 Å². The van der Waals surface area contributed by atoms with Crippen LogP contribution in [0.5, 0.6) is 11.5 Å². The zero-order chi connectivity index (χ0) is 26.8. The number of benzene rings is 2. The summed E-state index contributed by atoms with van der Waals surface area (Å²) >= 11 is 0. The van der Waals surface area contributed by atoms with Gasteiger partial charge >= 0.3 is 0 Å². The van der Waals surface area contributed by atoms with Gasteiger partial charge in [-0.2, -0.15) is 5.26 Å². The molecule has 2 amide bonds. The van der Waals surface area contributed by atoms with Crippen LogP contribution in [0.1, 0.15) is 32.3 Å². The van der Waals surface area contributed by atoms with Crippen LogP contribution < -0.4 is 20.3 Å². The maximum absolute atomic E-state index is 13.4. The standard InChI is InChI=1S/C27H35FN6O3/c1-20(2)30-12-13-31-26(35)18-33(19-27(36)32(3)34-14-4-5-15-34)24-16-21(17-29)6-11-25(24)37-23-9-7-22(28)8-10-23/h6-11,16,20,30H,4-5,12-15,18-19H2,1-3H3,(H,31,35). The van der Waals surface area contributed by atoms with Crippen molar-refractivity contribution < 1.29 is 18.7 Å². The Morgan fingerprint density at radius 3 is 2.46 bits per heavy atom. The molecule has 0 saturated carbocycles. The van der Waals surface area contributed by atoms with Crippen molar-refractivity contribution in [2.24, 2.45) is 0 Å². The Bertz CT molecular complexity index is 1100. The third-order valence-electron chi connectivity index (χ3n) is 6.00. The van der Waals surface area contributed by atoms with E-state index in [9.17, 15) is 19.2 Å². The molecule has 1 saturated heterocycles. The summed E-state index contributed by atoms with van der Waals surface area (Å²) < 4.78 is 19.4. The van der Waals surface area contributed by atoms with Crippen LogP contribution in [0.15, 0.2) is 42.5 Å². The predicted octanol–water partition coefficient (Wildman–Crippen LogP) is 2.88. The van der Waals surface area contributed by atoms with Gasteiger partial charge in [0.15, 0.2) is 5.75 Å². The highest BCUT2D eigenvalue weighted by Crippen LogP contribution is 2.33. The number of amides is 2. The molecular weight excluding hydrogens is 475 g/mol. The summed E-state index contributed by atoms with van der Waals surface area (Å²) in [5, 5.41) is 19.2. The first-order valence-corrected chi connectivity index (χ1v) is 12.5. The fourth-order valence-electron chi connectivity index (χ4n) is 3.99. The fourth-order valence-corrected chi connectivity index (χ4v) is 3.99. The van der Waals surface area contributed by atoms with E-state index in [0.29, 0.717) is 41.9 Å². The second-order valence-electron chi connectivity index (χ2n) is 9.24. The lowest BCUT2D eigenvalue weighted by Crippen LogP contribution is -2.49. The third-order valence-corrected chi connectivity index (χ3v) is 6.00. The summed E-state index contributed by atoms with van der Waals surface area (Å²) in [6, 6.07) is 12.7. The SMILES string of the molecule is CC(C)NCCNC(=O)CN(CC(=O)N(C)N1CCCC1)c1cc(C#N)ccc1Oc1ccc(F)cc1. The molecule has 0 atom stereocenters. The molecule has 2 N–H and O–H groups in total. The molecule has 2 aromatic carbocycles. The number of anilines is 1. The molecule has 1 aliphatic heterocycles. The molecular formula is C27H35FN6O3. The Kier molecular flexibility index (Phi) is 10.2. The second kappa shape index (κ2) is 13.6. The Hall–Kier alpha value is -3.68. The van der Waals surface area contributed by atoms with Gasteiger partial charge < -0.3 is 20.3 Å². The molecule has 0 aliphatic carbocycles. The molecule has 0 aromatic heterocycles. The fraction of sp³-hybridized carbons (Fsp3) is 0.444. The summed E-state index contributed by atoms with van der Waals surface area (Å²) in [5.74, 6) is -0.120. The number of rotatable bonds is 12. The Balaban J connectivity index is 1.86. The molecule has 37 heavy (non-hydrogen) atoms. The smallest absolute Gasteiger partial charge is 0.256 e. The van der Waals surface area contributed by atoms with Gasteiger partial charge in [-0.05, 0) is 55.3 Å². The molecule has 0 unspecified atom stereocenters. The lowest BCUT2D eigenvalue weighted by molar-refractivity contribution is -0.142. The van der Waals surface area contributed by atoms with Crippen molar-refractivity contribution >= 4 is 17.5 Å². The number of nitrogens with one attached hydrogen (secondary N) is 2. The number of likely N-dealkylation sites (N-methyl/N-ethyl adjacent to an activating group) is 1. The summed E-state index contributed by atoms with van der Waals surface area (Å²) in [6.45, 7) is 6.48. The monoisotopic (exact) mass is 510 g/mol. The van der Waals surface area contributed by atoms with Gasteiger partial charge in [0.25, 0.3) is 5.91 Å². The van der Waals surface area contributed by atoms with Crippen molar-refractivity contribution in [3.8, 4) is 17.6 Å². The van der Waals surface area contributed by atoms with Crippen molar-refractivity contribution in [2.75, 3.05) is 51.2 Å². The average Bonchev–Trinajstić information content (AvgIpc) is 3.42. The van der Waals surface area contributed by atoms with Gasteiger partial charge in [-0.1, -0.05) is 13.8 Å². The minimum Gasteiger partial charge on any atom is -0.455 e. The van der Waals surface area contributed by atoms with Crippen LogP contribution in [0.2, 0.25) is 0 Å². The van der Waals surface area contributed by atoms with E-state index >= 15 is 0 Å². The number of hydrazine groups is 1. The number of hydrogen-bond acceptors (Lipinski definition) is 7. The predicted molar refractivity (Wildman–Crippen MR) is 140 cm³/mol. The minimum absolute atomic E-state index is 0.0979. The number of nitrogens with zero attached hydrogens (tertiary/aromatic N) is 4. The highest BCUT2D eigenvalue weighted by atomic mass is 19.1. The largest absolute Gasteiger partial charge is 0.455 e. The van der Waals surface area contributed by atoms with Crippen LogP contribution in [0.4, 0.5) is 10.1 Å². The highest BCUT2D eigenvalue weighted by molar-refractivity contribution is 5.87. The lowest BCUT2D eigenvalue weighted by Gasteiger charge is -2.32. The Morgan fingerprint density at radius 1 is 1.11 bits per heavy atom. The van der Waals surface area contributed by atoms with Crippen LogP contribution in [0.25, 0.3) is 0 Å². The van der Waals surface area contributed by atoms with Crippen LogP contribution in [-0.2, 0) is 9.59 Å². The number of carbonyl (C=O) groups is 2. The third kappa shape index (κ3) is 8.44. The first kappa shape index (κ1) is 27.9. The number of nitriles is 1. The van der Waals surface area contributed by atoms with Crippen LogP contribution in [-0.4, -0.2) is 74.2 Å². The van der Waals surface area contributed by atoms with Crippen LogP contribution in [0, 0.1) is 17.1 Å². The van der Waals surface area contributed by atoms with E-state index in [2.05, 4.69) is 16.7 Å². The first-order chi connectivity index (χ1) is 17.8. The van der Waals surface area contributed by atoms with Crippen LogP contribution >= 0.6 is 0 Å².